The van der Waals surface area contributed by atoms with Crippen LogP contribution in [-0.4, -0.2) is 36.6 Å². The lowest BCUT2D eigenvalue weighted by Gasteiger charge is -2.29. The van der Waals surface area contributed by atoms with Crippen LogP contribution in [0.5, 0.6) is 0 Å². The predicted molar refractivity (Wildman–Crippen MR) is 79.6 cm³/mol. The molecule has 3 rings (SSSR count). The Morgan fingerprint density at radius 3 is 2.53 bits per heavy atom. The van der Waals surface area contributed by atoms with E-state index in [1.54, 1.807) is 0 Å². The summed E-state index contributed by atoms with van der Waals surface area (Å²) < 4.78 is 0. The fourth-order valence-electron chi connectivity index (χ4n) is 3.54. The number of anilines is 1. The molecule has 0 amide bonds. The summed E-state index contributed by atoms with van der Waals surface area (Å²) in [5, 5.41) is 0. The van der Waals surface area contributed by atoms with E-state index in [4.69, 9.17) is 4.98 Å². The second kappa shape index (κ2) is 5.49. The number of rotatable bonds is 2. The van der Waals surface area contributed by atoms with Crippen molar-refractivity contribution >= 4 is 5.82 Å². The molecule has 2 saturated heterocycles. The summed E-state index contributed by atoms with van der Waals surface area (Å²) in [6.45, 7) is 5.79. The molecule has 0 N–H and O–H groups in total. The maximum Gasteiger partial charge on any atom is 0.131 e. The molecule has 0 saturated carbocycles. The molecule has 0 radical (unpaired) electrons. The van der Waals surface area contributed by atoms with E-state index in [9.17, 15) is 0 Å². The molecule has 0 unspecified atom stereocenters. The van der Waals surface area contributed by atoms with Crippen molar-refractivity contribution in [3.8, 4) is 0 Å². The molecule has 1 aromatic rings. The van der Waals surface area contributed by atoms with Crippen molar-refractivity contribution in [3.63, 3.8) is 0 Å². The van der Waals surface area contributed by atoms with Crippen LogP contribution in [-0.2, 0) is 0 Å². The second-order valence-corrected chi connectivity index (χ2v) is 6.10. The summed E-state index contributed by atoms with van der Waals surface area (Å²) in [4.78, 5) is 9.69. The average molecular weight is 259 g/mol. The van der Waals surface area contributed by atoms with Gasteiger partial charge in [-0.1, -0.05) is 0 Å². The molecular weight excluding hydrogens is 234 g/mol. The van der Waals surface area contributed by atoms with Gasteiger partial charge in [0.05, 0.1) is 0 Å². The van der Waals surface area contributed by atoms with E-state index in [2.05, 4.69) is 36.0 Å². The normalized spacial score (nSPS) is 24.9. The van der Waals surface area contributed by atoms with Gasteiger partial charge < -0.3 is 4.90 Å². The van der Waals surface area contributed by atoms with E-state index in [0.29, 0.717) is 6.04 Å². The fraction of sp³-hybridized carbons (Fsp3) is 0.688. The summed E-state index contributed by atoms with van der Waals surface area (Å²) in [5.41, 5.74) is 2.75. The molecule has 2 fully saturated rings. The lowest BCUT2D eigenvalue weighted by molar-refractivity contribution is 0.317. The maximum absolute atomic E-state index is 4.78. The molecule has 0 aromatic carbocycles. The first-order valence-electron chi connectivity index (χ1n) is 7.67. The first-order chi connectivity index (χ1) is 9.25. The summed E-state index contributed by atoms with van der Waals surface area (Å²) in [6, 6.07) is 2.95. The van der Waals surface area contributed by atoms with Gasteiger partial charge in [0.1, 0.15) is 5.82 Å². The number of hydrogen-bond acceptors (Lipinski definition) is 3. The molecular formula is C16H25N3. The predicted octanol–water partition coefficient (Wildman–Crippen LogP) is 3.15. The molecule has 3 nitrogen and oxygen atoms in total. The van der Waals surface area contributed by atoms with Gasteiger partial charge in [0.25, 0.3) is 0 Å². The van der Waals surface area contributed by atoms with Crippen LogP contribution >= 0.6 is 0 Å². The van der Waals surface area contributed by atoms with Crippen molar-refractivity contribution in [1.82, 2.24) is 9.88 Å². The highest BCUT2D eigenvalue weighted by molar-refractivity contribution is 5.48. The Morgan fingerprint density at radius 1 is 1.11 bits per heavy atom. The Bertz CT molecular complexity index is 438. The molecule has 3 heterocycles. The van der Waals surface area contributed by atoms with Crippen LogP contribution in [0.4, 0.5) is 5.82 Å². The number of pyridine rings is 1. The van der Waals surface area contributed by atoms with Gasteiger partial charge in [0, 0.05) is 25.3 Å². The van der Waals surface area contributed by atoms with Gasteiger partial charge in [0.2, 0.25) is 0 Å². The van der Waals surface area contributed by atoms with Crippen LogP contribution in [0.2, 0.25) is 0 Å². The lowest BCUT2D eigenvalue weighted by atomic mass is 10.0. The van der Waals surface area contributed by atoms with Crippen LogP contribution in [0.1, 0.15) is 49.3 Å². The van der Waals surface area contributed by atoms with Crippen LogP contribution in [0.3, 0.4) is 0 Å². The molecule has 2 aliphatic rings. The molecule has 0 spiro atoms. The number of nitrogens with zero attached hydrogens (tertiary/aromatic N) is 3. The Hall–Kier alpha value is -1.09. The van der Waals surface area contributed by atoms with Gasteiger partial charge >= 0.3 is 0 Å². The third kappa shape index (κ3) is 2.62. The first kappa shape index (κ1) is 12.9. The smallest absolute Gasteiger partial charge is 0.131 e. The monoisotopic (exact) mass is 259 g/mol. The van der Waals surface area contributed by atoms with E-state index < -0.39 is 0 Å². The highest BCUT2D eigenvalue weighted by Crippen LogP contribution is 2.32. The molecule has 104 valence electrons. The van der Waals surface area contributed by atoms with E-state index in [1.807, 2.05) is 0 Å². The number of aryl methyl sites for hydroxylation is 1. The number of aromatic nitrogens is 1. The standard InChI is InChI=1S/C16H25N3/c1-13-11-14(15-7-6-8-18(15)2)12-17-16(13)19-9-4-3-5-10-19/h11-12,15H,3-10H2,1-2H3/t15-/m1/s1. The molecule has 0 bridgehead atoms. The van der Waals surface area contributed by atoms with Crippen molar-refractivity contribution in [2.24, 2.45) is 0 Å². The van der Waals surface area contributed by atoms with Crippen LogP contribution in [0.15, 0.2) is 12.3 Å². The third-order valence-electron chi connectivity index (χ3n) is 4.63. The fourth-order valence-corrected chi connectivity index (χ4v) is 3.54. The van der Waals surface area contributed by atoms with Crippen molar-refractivity contribution in [2.75, 3.05) is 31.6 Å². The van der Waals surface area contributed by atoms with Crippen LogP contribution < -0.4 is 4.90 Å². The zero-order chi connectivity index (χ0) is 13.2. The van der Waals surface area contributed by atoms with Crippen molar-refractivity contribution < 1.29 is 0 Å². The van der Waals surface area contributed by atoms with Gasteiger partial charge in [-0.25, -0.2) is 4.98 Å². The largest absolute Gasteiger partial charge is 0.356 e. The molecule has 1 atom stereocenters. The topological polar surface area (TPSA) is 19.4 Å². The Morgan fingerprint density at radius 2 is 1.89 bits per heavy atom. The highest BCUT2D eigenvalue weighted by atomic mass is 15.2. The summed E-state index contributed by atoms with van der Waals surface area (Å²) in [6.07, 6.45) is 8.71. The summed E-state index contributed by atoms with van der Waals surface area (Å²) >= 11 is 0. The van der Waals surface area contributed by atoms with Gasteiger partial charge in [-0.3, -0.25) is 4.90 Å². The Labute approximate surface area is 116 Å². The molecule has 3 heteroatoms. The van der Waals surface area contributed by atoms with E-state index in [1.165, 1.54) is 68.7 Å². The minimum Gasteiger partial charge on any atom is -0.356 e. The van der Waals surface area contributed by atoms with E-state index >= 15 is 0 Å². The average Bonchev–Trinajstić information content (AvgIpc) is 2.86. The molecule has 0 aliphatic carbocycles. The zero-order valence-corrected chi connectivity index (χ0v) is 12.2. The number of likely N-dealkylation sites (tertiary alicyclic amines) is 1. The highest BCUT2D eigenvalue weighted by Gasteiger charge is 2.24. The van der Waals surface area contributed by atoms with Crippen molar-refractivity contribution in [3.05, 3.63) is 23.4 Å². The molecule has 19 heavy (non-hydrogen) atoms. The van der Waals surface area contributed by atoms with Crippen LogP contribution in [0.25, 0.3) is 0 Å². The first-order valence-corrected chi connectivity index (χ1v) is 7.67. The van der Waals surface area contributed by atoms with Gasteiger partial charge in [0.15, 0.2) is 0 Å². The van der Waals surface area contributed by atoms with E-state index in [0.717, 1.165) is 0 Å². The van der Waals surface area contributed by atoms with Crippen molar-refractivity contribution in [2.45, 2.75) is 45.1 Å². The number of hydrogen-bond donors (Lipinski definition) is 0. The summed E-state index contributed by atoms with van der Waals surface area (Å²) in [5.74, 6) is 1.21. The molecule has 1 aromatic heterocycles. The minimum absolute atomic E-state index is 0.585. The SMILES string of the molecule is Cc1cc([C@H]2CCCN2C)cnc1N1CCCCC1. The van der Waals surface area contributed by atoms with Crippen LogP contribution in [0, 0.1) is 6.92 Å². The lowest BCUT2D eigenvalue weighted by Crippen LogP contribution is -2.31. The van der Waals surface area contributed by atoms with Gasteiger partial charge in [-0.05, 0) is 69.8 Å². The number of piperidine rings is 1. The summed E-state index contributed by atoms with van der Waals surface area (Å²) in [7, 11) is 2.23. The maximum atomic E-state index is 4.78. The molecule has 2 aliphatic heterocycles. The minimum atomic E-state index is 0.585. The van der Waals surface area contributed by atoms with E-state index in [-0.39, 0.29) is 0 Å². The Balaban J connectivity index is 1.81. The second-order valence-electron chi connectivity index (χ2n) is 6.10. The third-order valence-corrected chi connectivity index (χ3v) is 4.63. The Kier molecular flexibility index (Phi) is 3.74. The quantitative estimate of drug-likeness (QED) is 0.813. The van der Waals surface area contributed by atoms with Gasteiger partial charge in [-0.15, -0.1) is 0 Å². The zero-order valence-electron chi connectivity index (χ0n) is 12.2. The van der Waals surface area contributed by atoms with Crippen molar-refractivity contribution in [1.29, 1.82) is 0 Å². The van der Waals surface area contributed by atoms with Gasteiger partial charge in [-0.2, -0.15) is 0 Å².